The Labute approximate surface area is 195 Å². The molecule has 0 aromatic heterocycles. The average molecular weight is 570 g/mol. The van der Waals surface area contributed by atoms with Gasteiger partial charge in [0, 0.05) is 0 Å². The summed E-state index contributed by atoms with van der Waals surface area (Å²) < 4.78 is 146. The summed E-state index contributed by atoms with van der Waals surface area (Å²) in [5.74, 6) is -1.94. The Hall–Kier alpha value is -2.81. The second kappa shape index (κ2) is 11.3. The van der Waals surface area contributed by atoms with E-state index in [1.165, 1.54) is 0 Å². The number of hydrogen-bond acceptors (Lipinski definition) is 10. The molecule has 2 rings (SSSR count). The van der Waals surface area contributed by atoms with Crippen molar-refractivity contribution < 1.29 is 71.8 Å². The third-order valence-corrected chi connectivity index (χ3v) is 6.83. The molecule has 2 aromatic carbocycles. The summed E-state index contributed by atoms with van der Waals surface area (Å²) in [4.78, 5) is -3.62. The van der Waals surface area contributed by atoms with Gasteiger partial charge in [0.05, 0.1) is 26.7 Å². The van der Waals surface area contributed by atoms with E-state index in [0.29, 0.717) is 30.3 Å². The Morgan fingerprint density at radius 2 is 1.26 bits per heavy atom. The molecule has 0 spiro atoms. The number of benzene rings is 2. The lowest BCUT2D eigenvalue weighted by Gasteiger charge is -2.12. The monoisotopic (exact) mass is 570 g/mol. The maximum Gasteiger partial charge on any atom is 0.344 e. The Kier molecular flexibility index (Phi) is 9.17. The fourth-order valence-electron chi connectivity index (χ4n) is 2.20. The smallest absolute Gasteiger partial charge is 0.344 e. The molecule has 10 nitrogen and oxygen atoms in total. The first-order valence-corrected chi connectivity index (χ1v) is 11.8. The van der Waals surface area contributed by atoms with Gasteiger partial charge in [-0.15, -0.1) is 4.33 Å². The van der Waals surface area contributed by atoms with Crippen LogP contribution < -0.4 is 9.47 Å². The Bertz CT molecular complexity index is 1380. The molecule has 0 bridgehead atoms. The summed E-state index contributed by atoms with van der Waals surface area (Å²) in [6.45, 7) is 0. The van der Waals surface area contributed by atoms with E-state index in [9.17, 15) is 47.7 Å². The molecule has 0 saturated heterocycles. The van der Waals surface area contributed by atoms with Crippen LogP contribution in [-0.4, -0.2) is 26.6 Å². The number of ether oxygens (including phenoxy) is 2. The van der Waals surface area contributed by atoms with Gasteiger partial charge in [-0.3, -0.25) is 4.55 Å². The van der Waals surface area contributed by atoms with Crippen LogP contribution in [0.4, 0.5) is 26.3 Å². The lowest BCUT2D eigenvalue weighted by atomic mass is 10.3. The molecule has 192 valence electrons. The van der Waals surface area contributed by atoms with Crippen molar-refractivity contribution >= 4 is 32.0 Å². The highest BCUT2D eigenvalue weighted by Crippen LogP contribution is 2.37. The Morgan fingerprint density at radius 3 is 1.74 bits per heavy atom. The van der Waals surface area contributed by atoms with Crippen molar-refractivity contribution in [3.05, 3.63) is 60.6 Å². The summed E-state index contributed by atoms with van der Waals surface area (Å²) in [7, 11) is -10.1. The summed E-state index contributed by atoms with van der Waals surface area (Å²) in [6.07, 6.45) is -5.85. The number of hydrogen-bond donors (Lipinski definition) is 2. The van der Waals surface area contributed by atoms with Crippen LogP contribution in [-0.2, 0) is 29.3 Å². The zero-order valence-electron chi connectivity index (χ0n) is 16.1. The lowest BCUT2D eigenvalue weighted by Crippen LogP contribution is -2.08. The van der Waals surface area contributed by atoms with Crippen LogP contribution in [0.1, 0.15) is 0 Å². The number of rotatable bonds is 10. The van der Waals surface area contributed by atoms with E-state index < -0.39 is 75.2 Å². The maximum absolute atomic E-state index is 13.1. The molecule has 2 aromatic rings. The number of sulfone groups is 1. The second-order valence-electron chi connectivity index (χ2n) is 5.69. The van der Waals surface area contributed by atoms with Crippen LogP contribution in [0, 0.1) is 0 Å². The topological polar surface area (TPSA) is 146 Å². The van der Waals surface area contributed by atoms with Crippen molar-refractivity contribution in [2.24, 2.45) is 0 Å². The molecule has 0 fully saturated rings. The van der Waals surface area contributed by atoms with E-state index in [4.69, 9.17) is 5.26 Å². The SMILES string of the molecule is O=S(=O)(O)c1cc(S(=O)(=O)c2ccc(OC(F)=C(F)F)c(SOOO)c2)ccc1OC(F)=C(F)F. The zero-order valence-corrected chi connectivity index (χ0v) is 18.6. The van der Waals surface area contributed by atoms with Gasteiger partial charge < -0.3 is 9.47 Å². The van der Waals surface area contributed by atoms with Crippen molar-refractivity contribution in [2.45, 2.75) is 19.6 Å². The highest BCUT2D eigenvalue weighted by atomic mass is 32.2. The minimum absolute atomic E-state index is 0.0239. The van der Waals surface area contributed by atoms with Gasteiger partial charge in [-0.1, -0.05) is 5.04 Å². The fraction of sp³-hybridized carbons (Fsp3) is 0. The van der Waals surface area contributed by atoms with Crippen molar-refractivity contribution in [1.82, 2.24) is 0 Å². The van der Waals surface area contributed by atoms with Crippen LogP contribution in [0.3, 0.4) is 0 Å². The van der Waals surface area contributed by atoms with E-state index in [-0.39, 0.29) is 18.1 Å². The van der Waals surface area contributed by atoms with Gasteiger partial charge in [-0.25, -0.2) is 13.7 Å². The summed E-state index contributed by atoms with van der Waals surface area (Å²) in [6, 6.07) is -1.61. The van der Waals surface area contributed by atoms with Gasteiger partial charge >= 0.3 is 24.2 Å². The summed E-state index contributed by atoms with van der Waals surface area (Å²) in [5, 5.41) is 11.5. The minimum atomic E-state index is -5.35. The van der Waals surface area contributed by atoms with E-state index in [2.05, 4.69) is 18.8 Å². The second-order valence-corrected chi connectivity index (χ2v) is 9.78. The van der Waals surface area contributed by atoms with Gasteiger partial charge in [0.1, 0.15) is 10.6 Å². The highest BCUT2D eigenvalue weighted by molar-refractivity contribution is 7.94. The minimum Gasteiger partial charge on any atom is -0.427 e. The van der Waals surface area contributed by atoms with Crippen LogP contribution in [0.15, 0.2) is 80.2 Å². The van der Waals surface area contributed by atoms with Crippen LogP contribution in [0.2, 0.25) is 0 Å². The first-order valence-electron chi connectivity index (χ1n) is 8.11. The zero-order chi connectivity index (χ0) is 26.6. The molecule has 0 heterocycles. The molecular formula is C16H8F6O10S3. The van der Waals surface area contributed by atoms with Crippen LogP contribution in [0.25, 0.3) is 0 Å². The van der Waals surface area contributed by atoms with E-state index >= 15 is 0 Å². The third kappa shape index (κ3) is 7.10. The first kappa shape index (κ1) is 28.4. The molecule has 2 N–H and O–H groups in total. The first-order chi connectivity index (χ1) is 16.2. The van der Waals surface area contributed by atoms with Gasteiger partial charge in [-0.2, -0.15) is 34.8 Å². The van der Waals surface area contributed by atoms with Crippen LogP contribution in [0.5, 0.6) is 11.5 Å². The van der Waals surface area contributed by atoms with E-state index in [0.717, 1.165) is 0 Å². The molecule has 19 heteroatoms. The predicted molar refractivity (Wildman–Crippen MR) is 101 cm³/mol. The van der Waals surface area contributed by atoms with Crippen LogP contribution >= 0.6 is 12.0 Å². The molecule has 0 aliphatic rings. The lowest BCUT2D eigenvalue weighted by molar-refractivity contribution is -0.432. The third-order valence-electron chi connectivity index (χ3n) is 3.58. The molecule has 0 aliphatic heterocycles. The maximum atomic E-state index is 13.1. The normalized spacial score (nSPS) is 11.7. The molecule has 0 saturated carbocycles. The van der Waals surface area contributed by atoms with Crippen molar-refractivity contribution in [1.29, 1.82) is 0 Å². The van der Waals surface area contributed by atoms with Crippen molar-refractivity contribution in [3.8, 4) is 11.5 Å². The summed E-state index contributed by atoms with van der Waals surface area (Å²) >= 11 is -0.0239. The van der Waals surface area contributed by atoms with Crippen molar-refractivity contribution in [3.63, 3.8) is 0 Å². The quantitative estimate of drug-likeness (QED) is 0.0991. The van der Waals surface area contributed by atoms with Crippen molar-refractivity contribution in [2.75, 3.05) is 0 Å². The standard InChI is InChI=1S/C16H8F6O10S3/c17-13(18)15(21)29-9-3-1-7(5-11(9)33-32-31-23)34(24,25)8-2-4-10(30-16(22)14(19)20)12(6-8)35(26,27)28/h1-6,23H,(H,26,27,28). The molecule has 0 amide bonds. The predicted octanol–water partition coefficient (Wildman–Crippen LogP) is 5.02. The molecule has 0 radical (unpaired) electrons. The van der Waals surface area contributed by atoms with Gasteiger partial charge in [-0.05, 0) is 36.4 Å². The highest BCUT2D eigenvalue weighted by Gasteiger charge is 2.27. The Balaban J connectivity index is 2.62. The molecule has 0 unspecified atom stereocenters. The summed E-state index contributed by atoms with van der Waals surface area (Å²) in [5.41, 5.74) is 0. The molecule has 35 heavy (non-hydrogen) atoms. The van der Waals surface area contributed by atoms with Gasteiger partial charge in [0.25, 0.3) is 10.1 Å². The molecule has 0 atom stereocenters. The average Bonchev–Trinajstić information content (AvgIpc) is 2.77. The Morgan fingerprint density at radius 1 is 0.771 bits per heavy atom. The largest absolute Gasteiger partial charge is 0.427 e. The molecule has 0 aliphatic carbocycles. The van der Waals surface area contributed by atoms with Gasteiger partial charge in [0.2, 0.25) is 9.84 Å². The number of halogens is 6. The van der Waals surface area contributed by atoms with E-state index in [1.54, 1.807) is 0 Å². The molecular weight excluding hydrogens is 562 g/mol. The van der Waals surface area contributed by atoms with Gasteiger partial charge in [0.15, 0.2) is 5.75 Å². The fourth-order valence-corrected chi connectivity index (χ4v) is 4.78. The van der Waals surface area contributed by atoms with E-state index in [1.807, 2.05) is 0 Å².